The van der Waals surface area contributed by atoms with Crippen molar-refractivity contribution in [3.8, 4) is 0 Å². The van der Waals surface area contributed by atoms with Gasteiger partial charge in [-0.25, -0.2) is 9.37 Å². The van der Waals surface area contributed by atoms with Crippen molar-refractivity contribution in [1.29, 1.82) is 0 Å². The predicted octanol–water partition coefficient (Wildman–Crippen LogP) is 7.35. The van der Waals surface area contributed by atoms with Gasteiger partial charge in [0, 0.05) is 48.8 Å². The van der Waals surface area contributed by atoms with Gasteiger partial charge in [0.15, 0.2) is 5.82 Å². The van der Waals surface area contributed by atoms with Crippen LogP contribution in [0, 0.1) is 19.7 Å². The van der Waals surface area contributed by atoms with E-state index in [0.29, 0.717) is 19.6 Å². The number of aromatic nitrogens is 2. The lowest BCUT2D eigenvalue weighted by Crippen LogP contribution is -2.32. The summed E-state index contributed by atoms with van der Waals surface area (Å²) in [6.45, 7) is 8.01. The van der Waals surface area contributed by atoms with Gasteiger partial charge in [0.1, 0.15) is 5.82 Å². The molecule has 0 atom stereocenters. The topological polar surface area (TPSA) is 33.1 Å². The highest BCUT2D eigenvalue weighted by atomic mass is 35.5. The lowest BCUT2D eigenvalue weighted by molar-refractivity contribution is 0.623. The Balaban J connectivity index is 1.40. The standard InChI is InChI=1S/C33H32ClFN4/c1-22-23(2)39(20-25-8-6-12-29(35)16-25)32-31(22)17-30(19-36-18-24-7-5-11-28(34)15-24)37-33(32)38-14-13-26-9-3-4-10-27(26)21-38/h3-12,15-17,36H,13-14,18-21H2,1-2H3. The molecule has 0 spiro atoms. The molecule has 0 aliphatic carbocycles. The van der Waals surface area contributed by atoms with Crippen LogP contribution < -0.4 is 10.2 Å². The number of aryl methyl sites for hydroxylation is 1. The van der Waals surface area contributed by atoms with E-state index in [1.165, 1.54) is 33.8 Å². The third kappa shape index (κ3) is 5.29. The minimum atomic E-state index is -0.211. The lowest BCUT2D eigenvalue weighted by atomic mass is 10.00. The first-order chi connectivity index (χ1) is 19.0. The van der Waals surface area contributed by atoms with E-state index in [2.05, 4.69) is 65.0 Å². The monoisotopic (exact) mass is 538 g/mol. The zero-order chi connectivity index (χ0) is 26.9. The molecule has 6 heteroatoms. The van der Waals surface area contributed by atoms with Crippen LogP contribution in [0.3, 0.4) is 0 Å². The van der Waals surface area contributed by atoms with Crippen molar-refractivity contribution in [1.82, 2.24) is 14.9 Å². The molecule has 0 fully saturated rings. The first-order valence-electron chi connectivity index (χ1n) is 13.5. The highest BCUT2D eigenvalue weighted by Gasteiger charge is 2.24. The van der Waals surface area contributed by atoms with Crippen LogP contribution in [0.25, 0.3) is 10.9 Å². The smallest absolute Gasteiger partial charge is 0.153 e. The normalized spacial score (nSPS) is 13.2. The van der Waals surface area contributed by atoms with Gasteiger partial charge in [0.2, 0.25) is 0 Å². The molecule has 3 heterocycles. The van der Waals surface area contributed by atoms with Gasteiger partial charge in [0.05, 0.1) is 11.2 Å². The Hall–Kier alpha value is -3.67. The van der Waals surface area contributed by atoms with E-state index in [4.69, 9.17) is 16.6 Å². The molecule has 1 aliphatic rings. The molecule has 0 radical (unpaired) electrons. The summed E-state index contributed by atoms with van der Waals surface area (Å²) in [5, 5.41) is 5.50. The minimum Gasteiger partial charge on any atom is -0.350 e. The summed E-state index contributed by atoms with van der Waals surface area (Å²) in [6, 6.07) is 25.7. The highest BCUT2D eigenvalue weighted by Crippen LogP contribution is 2.35. The average molecular weight is 539 g/mol. The van der Waals surface area contributed by atoms with Gasteiger partial charge < -0.3 is 14.8 Å². The highest BCUT2D eigenvalue weighted by molar-refractivity contribution is 6.30. The summed E-state index contributed by atoms with van der Waals surface area (Å²) in [6.07, 6.45) is 0.985. The lowest BCUT2D eigenvalue weighted by Gasteiger charge is -2.31. The molecule has 0 bridgehead atoms. The molecule has 4 nitrogen and oxygen atoms in total. The fourth-order valence-corrected chi connectivity index (χ4v) is 5.89. The Morgan fingerprint density at radius 2 is 1.69 bits per heavy atom. The Kier molecular flexibility index (Phi) is 7.11. The van der Waals surface area contributed by atoms with E-state index in [9.17, 15) is 4.39 Å². The number of rotatable bonds is 7. The van der Waals surface area contributed by atoms with E-state index in [-0.39, 0.29) is 5.82 Å². The summed E-state index contributed by atoms with van der Waals surface area (Å²) in [7, 11) is 0. The van der Waals surface area contributed by atoms with E-state index in [1.54, 1.807) is 12.1 Å². The van der Waals surface area contributed by atoms with Crippen molar-refractivity contribution >= 4 is 28.3 Å². The second-order valence-electron chi connectivity index (χ2n) is 10.4. The number of pyridine rings is 1. The molecule has 39 heavy (non-hydrogen) atoms. The molecular formula is C33H32ClFN4. The number of benzene rings is 3. The molecule has 0 amide bonds. The molecule has 5 aromatic rings. The van der Waals surface area contributed by atoms with Crippen LogP contribution in [0.2, 0.25) is 5.02 Å². The van der Waals surface area contributed by atoms with E-state index < -0.39 is 0 Å². The zero-order valence-electron chi connectivity index (χ0n) is 22.3. The van der Waals surface area contributed by atoms with Crippen molar-refractivity contribution in [3.05, 3.63) is 129 Å². The quantitative estimate of drug-likeness (QED) is 0.235. The van der Waals surface area contributed by atoms with E-state index in [1.807, 2.05) is 24.3 Å². The fraction of sp³-hybridized carbons (Fsp3) is 0.242. The summed E-state index contributed by atoms with van der Waals surface area (Å²) >= 11 is 6.18. The van der Waals surface area contributed by atoms with Crippen molar-refractivity contribution in [3.63, 3.8) is 0 Å². The maximum absolute atomic E-state index is 14.1. The maximum atomic E-state index is 14.1. The van der Waals surface area contributed by atoms with Gasteiger partial charge >= 0.3 is 0 Å². The zero-order valence-corrected chi connectivity index (χ0v) is 23.1. The number of halogens is 2. The second-order valence-corrected chi connectivity index (χ2v) is 10.9. The molecule has 0 unspecified atom stereocenters. The number of hydrogen-bond acceptors (Lipinski definition) is 3. The second kappa shape index (κ2) is 10.8. The molecule has 0 saturated carbocycles. The molecule has 1 N–H and O–H groups in total. The van der Waals surface area contributed by atoms with Crippen LogP contribution in [-0.4, -0.2) is 16.1 Å². The van der Waals surface area contributed by atoms with E-state index in [0.717, 1.165) is 52.7 Å². The number of hydrogen-bond donors (Lipinski definition) is 1. The predicted molar refractivity (Wildman–Crippen MR) is 158 cm³/mol. The van der Waals surface area contributed by atoms with Crippen LogP contribution in [-0.2, 0) is 32.6 Å². The Bertz CT molecular complexity index is 1660. The Morgan fingerprint density at radius 3 is 2.51 bits per heavy atom. The minimum absolute atomic E-state index is 0.211. The van der Waals surface area contributed by atoms with E-state index >= 15 is 0 Å². The molecule has 1 aliphatic heterocycles. The molecule has 6 rings (SSSR count). The first-order valence-corrected chi connectivity index (χ1v) is 13.8. The Labute approximate surface area is 234 Å². The number of anilines is 1. The molecular weight excluding hydrogens is 507 g/mol. The maximum Gasteiger partial charge on any atom is 0.153 e. The number of fused-ring (bicyclic) bond motifs is 2. The van der Waals surface area contributed by atoms with Crippen LogP contribution >= 0.6 is 11.6 Å². The average Bonchev–Trinajstić information content (AvgIpc) is 3.17. The summed E-state index contributed by atoms with van der Waals surface area (Å²) in [5.41, 5.74) is 9.38. The molecule has 2 aromatic heterocycles. The SMILES string of the molecule is Cc1c(C)n(Cc2cccc(F)c2)c2c(N3CCc4ccccc4C3)nc(CNCc3cccc(Cl)c3)cc12. The Morgan fingerprint density at radius 1 is 0.897 bits per heavy atom. The first kappa shape index (κ1) is 25.6. The van der Waals surface area contributed by atoms with Crippen LogP contribution in [0.1, 0.15) is 39.2 Å². The van der Waals surface area contributed by atoms with Crippen molar-refractivity contribution < 1.29 is 4.39 Å². The fourth-order valence-electron chi connectivity index (χ4n) is 5.68. The molecule has 3 aromatic carbocycles. The van der Waals surface area contributed by atoms with Crippen LogP contribution in [0.15, 0.2) is 78.9 Å². The van der Waals surface area contributed by atoms with Gasteiger partial charge in [0.25, 0.3) is 0 Å². The largest absolute Gasteiger partial charge is 0.350 e. The van der Waals surface area contributed by atoms with Gasteiger partial charge in [-0.05, 0) is 78.4 Å². The van der Waals surface area contributed by atoms with Crippen LogP contribution in [0.5, 0.6) is 0 Å². The van der Waals surface area contributed by atoms with Gasteiger partial charge in [-0.3, -0.25) is 0 Å². The summed E-state index contributed by atoms with van der Waals surface area (Å²) in [4.78, 5) is 7.67. The summed E-state index contributed by atoms with van der Waals surface area (Å²) < 4.78 is 16.4. The van der Waals surface area contributed by atoms with Gasteiger partial charge in [-0.1, -0.05) is 60.1 Å². The summed E-state index contributed by atoms with van der Waals surface area (Å²) in [5.74, 6) is 0.784. The van der Waals surface area contributed by atoms with Crippen molar-refractivity contribution in [2.75, 3.05) is 11.4 Å². The van der Waals surface area contributed by atoms with Crippen LogP contribution in [0.4, 0.5) is 10.2 Å². The third-order valence-corrected chi connectivity index (χ3v) is 8.07. The van der Waals surface area contributed by atoms with Crippen molar-refractivity contribution in [2.45, 2.75) is 46.4 Å². The number of nitrogens with zero attached hydrogens (tertiary/aromatic N) is 3. The number of nitrogens with one attached hydrogen (secondary N) is 1. The molecule has 0 saturated heterocycles. The molecule has 198 valence electrons. The van der Waals surface area contributed by atoms with Gasteiger partial charge in [-0.15, -0.1) is 0 Å². The van der Waals surface area contributed by atoms with Crippen molar-refractivity contribution in [2.24, 2.45) is 0 Å². The van der Waals surface area contributed by atoms with Gasteiger partial charge in [-0.2, -0.15) is 0 Å². The third-order valence-electron chi connectivity index (χ3n) is 7.83.